The predicted molar refractivity (Wildman–Crippen MR) is 75.3 cm³/mol. The number of nitrogens with zero attached hydrogens (tertiary/aromatic N) is 1. The molecular formula is C15H17F3N2O3. The number of aliphatic hydroxyl groups is 1. The van der Waals surface area contributed by atoms with Gasteiger partial charge < -0.3 is 15.7 Å². The van der Waals surface area contributed by atoms with E-state index in [2.05, 4.69) is 0 Å². The van der Waals surface area contributed by atoms with Gasteiger partial charge in [-0.25, -0.2) is 0 Å². The Morgan fingerprint density at radius 2 is 1.96 bits per heavy atom. The van der Waals surface area contributed by atoms with Gasteiger partial charge in [0.15, 0.2) is 0 Å². The lowest BCUT2D eigenvalue weighted by molar-refractivity contribution is -0.137. The number of rotatable bonds is 3. The molecule has 23 heavy (non-hydrogen) atoms. The third-order valence-electron chi connectivity index (χ3n) is 4.20. The van der Waals surface area contributed by atoms with Crippen molar-refractivity contribution in [3.63, 3.8) is 0 Å². The number of carbonyl (C=O) groups is 2. The molecular weight excluding hydrogens is 313 g/mol. The summed E-state index contributed by atoms with van der Waals surface area (Å²) in [6, 6.07) is 3.42. The molecule has 2 rings (SSSR count). The van der Waals surface area contributed by atoms with Crippen LogP contribution in [0.25, 0.3) is 0 Å². The van der Waals surface area contributed by atoms with Crippen LogP contribution in [0.3, 0.4) is 0 Å². The summed E-state index contributed by atoms with van der Waals surface area (Å²) in [6.07, 6.45) is -4.97. The summed E-state index contributed by atoms with van der Waals surface area (Å²) < 4.78 is 38.2. The molecule has 0 unspecified atom stereocenters. The zero-order valence-electron chi connectivity index (χ0n) is 12.4. The Kier molecular flexibility index (Phi) is 4.65. The largest absolute Gasteiger partial charge is 0.416 e. The van der Waals surface area contributed by atoms with Gasteiger partial charge in [0.05, 0.1) is 23.6 Å². The first-order chi connectivity index (χ1) is 10.6. The number of primary amides is 1. The highest BCUT2D eigenvalue weighted by Crippen LogP contribution is 2.32. The number of carbonyl (C=O) groups excluding carboxylic acids is 2. The van der Waals surface area contributed by atoms with Crippen molar-refractivity contribution < 1.29 is 27.9 Å². The number of halogens is 3. The normalized spacial score (nSPS) is 24.5. The molecule has 0 aliphatic heterocycles. The Hall–Kier alpha value is -2.09. The van der Waals surface area contributed by atoms with Crippen LogP contribution in [0, 0.1) is 5.92 Å². The van der Waals surface area contributed by atoms with Crippen molar-refractivity contribution >= 4 is 11.8 Å². The molecule has 0 spiro atoms. The van der Waals surface area contributed by atoms with E-state index in [1.807, 2.05) is 0 Å². The zero-order valence-corrected chi connectivity index (χ0v) is 12.4. The fourth-order valence-corrected chi connectivity index (χ4v) is 2.88. The summed E-state index contributed by atoms with van der Waals surface area (Å²) in [5.74, 6) is -2.05. The predicted octanol–water partition coefficient (Wildman–Crippen LogP) is 1.40. The van der Waals surface area contributed by atoms with Crippen LogP contribution in [-0.4, -0.2) is 41.0 Å². The summed E-state index contributed by atoms with van der Waals surface area (Å²) in [7, 11) is 1.39. The second-order valence-electron chi connectivity index (χ2n) is 5.64. The van der Waals surface area contributed by atoms with E-state index in [0.717, 1.165) is 18.2 Å². The number of hydrogen-bond acceptors (Lipinski definition) is 3. The van der Waals surface area contributed by atoms with Gasteiger partial charge in [0, 0.05) is 12.6 Å². The van der Waals surface area contributed by atoms with E-state index in [1.165, 1.54) is 18.0 Å². The van der Waals surface area contributed by atoms with Gasteiger partial charge in [0.2, 0.25) is 5.91 Å². The standard InChI is InChI=1S/C15H17F3N2O3/c1-20(11-6-5-10(12(11)21)13(19)22)14(23)8-3-2-4-9(7-8)15(16,17)18/h2-4,7,10-12,21H,5-6H2,1H3,(H2,19,22)/t10-,11-,12+/m1/s1. The summed E-state index contributed by atoms with van der Waals surface area (Å²) >= 11 is 0. The van der Waals surface area contributed by atoms with Crippen LogP contribution in [0.2, 0.25) is 0 Å². The maximum atomic E-state index is 12.7. The highest BCUT2D eigenvalue weighted by atomic mass is 19.4. The van der Waals surface area contributed by atoms with Crippen LogP contribution >= 0.6 is 0 Å². The molecule has 0 heterocycles. The molecule has 3 N–H and O–H groups in total. The maximum absolute atomic E-state index is 12.7. The van der Waals surface area contributed by atoms with Gasteiger partial charge in [-0.05, 0) is 31.0 Å². The van der Waals surface area contributed by atoms with Crippen LogP contribution in [0.5, 0.6) is 0 Å². The van der Waals surface area contributed by atoms with Crippen LogP contribution in [0.1, 0.15) is 28.8 Å². The number of benzene rings is 1. The van der Waals surface area contributed by atoms with Gasteiger partial charge >= 0.3 is 6.18 Å². The van der Waals surface area contributed by atoms with Crippen molar-refractivity contribution in [1.82, 2.24) is 4.90 Å². The monoisotopic (exact) mass is 330 g/mol. The molecule has 5 nitrogen and oxygen atoms in total. The van der Waals surface area contributed by atoms with Crippen molar-refractivity contribution in [2.24, 2.45) is 11.7 Å². The van der Waals surface area contributed by atoms with Crippen molar-refractivity contribution in [2.45, 2.75) is 31.2 Å². The summed E-state index contributed by atoms with van der Waals surface area (Å²) in [5.41, 5.74) is 4.13. The van der Waals surface area contributed by atoms with Crippen LogP contribution in [0.4, 0.5) is 13.2 Å². The fraction of sp³-hybridized carbons (Fsp3) is 0.467. The molecule has 1 aliphatic rings. The van der Waals surface area contributed by atoms with Gasteiger partial charge in [-0.15, -0.1) is 0 Å². The first-order valence-electron chi connectivity index (χ1n) is 7.04. The van der Waals surface area contributed by atoms with Gasteiger partial charge in [0.1, 0.15) is 0 Å². The van der Waals surface area contributed by atoms with Gasteiger partial charge in [-0.2, -0.15) is 13.2 Å². The first-order valence-corrected chi connectivity index (χ1v) is 7.04. The van der Waals surface area contributed by atoms with E-state index >= 15 is 0 Å². The van der Waals surface area contributed by atoms with Gasteiger partial charge in [-0.1, -0.05) is 6.07 Å². The van der Waals surface area contributed by atoms with Crippen LogP contribution in [0.15, 0.2) is 24.3 Å². The maximum Gasteiger partial charge on any atom is 0.416 e. The number of alkyl halides is 3. The van der Waals surface area contributed by atoms with E-state index < -0.39 is 41.6 Å². The topological polar surface area (TPSA) is 83.6 Å². The Balaban J connectivity index is 2.19. The van der Waals surface area contributed by atoms with E-state index in [0.29, 0.717) is 12.8 Å². The fourth-order valence-electron chi connectivity index (χ4n) is 2.88. The molecule has 0 saturated heterocycles. The van der Waals surface area contributed by atoms with E-state index in [9.17, 15) is 27.9 Å². The molecule has 0 bridgehead atoms. The molecule has 0 radical (unpaired) electrons. The van der Waals surface area contributed by atoms with Gasteiger partial charge in [-0.3, -0.25) is 9.59 Å². The summed E-state index contributed by atoms with van der Waals surface area (Å²) in [5, 5.41) is 10.1. The number of aliphatic hydroxyl groups excluding tert-OH is 1. The smallest absolute Gasteiger partial charge is 0.390 e. The molecule has 1 saturated carbocycles. The molecule has 3 atom stereocenters. The lowest BCUT2D eigenvalue weighted by Gasteiger charge is -2.28. The molecule has 0 aromatic heterocycles. The molecule has 1 aliphatic carbocycles. The van der Waals surface area contributed by atoms with Crippen LogP contribution < -0.4 is 5.73 Å². The highest BCUT2D eigenvalue weighted by molar-refractivity contribution is 5.94. The average molecular weight is 330 g/mol. The number of nitrogens with two attached hydrogens (primary N) is 1. The van der Waals surface area contributed by atoms with Gasteiger partial charge in [0.25, 0.3) is 5.91 Å². The van der Waals surface area contributed by atoms with Crippen molar-refractivity contribution in [3.8, 4) is 0 Å². The molecule has 8 heteroatoms. The van der Waals surface area contributed by atoms with E-state index in [1.54, 1.807) is 0 Å². The van der Waals surface area contributed by atoms with E-state index in [4.69, 9.17) is 5.73 Å². The minimum atomic E-state index is -4.54. The van der Waals surface area contributed by atoms with Crippen molar-refractivity contribution in [3.05, 3.63) is 35.4 Å². The second kappa shape index (κ2) is 6.19. The molecule has 126 valence electrons. The second-order valence-corrected chi connectivity index (χ2v) is 5.64. The minimum Gasteiger partial charge on any atom is -0.390 e. The van der Waals surface area contributed by atoms with Crippen LogP contribution in [-0.2, 0) is 11.0 Å². The third-order valence-corrected chi connectivity index (χ3v) is 4.20. The molecule has 2 amide bonds. The highest BCUT2D eigenvalue weighted by Gasteiger charge is 2.41. The number of hydrogen-bond donors (Lipinski definition) is 2. The summed E-state index contributed by atoms with van der Waals surface area (Å²) in [6.45, 7) is 0. The van der Waals surface area contributed by atoms with E-state index in [-0.39, 0.29) is 5.56 Å². The quantitative estimate of drug-likeness (QED) is 0.879. The molecule has 1 aromatic rings. The van der Waals surface area contributed by atoms with Crippen molar-refractivity contribution in [2.75, 3.05) is 7.05 Å². The third kappa shape index (κ3) is 3.47. The number of likely N-dealkylation sites (N-methyl/N-ethyl adjacent to an activating group) is 1. The van der Waals surface area contributed by atoms with Crippen molar-refractivity contribution in [1.29, 1.82) is 0 Å². The Morgan fingerprint density at radius 3 is 2.48 bits per heavy atom. The average Bonchev–Trinajstić information content (AvgIpc) is 2.87. The minimum absolute atomic E-state index is 0.128. The first kappa shape index (κ1) is 17.3. The lowest BCUT2D eigenvalue weighted by Crippen LogP contribution is -2.45. The Labute approximate surface area is 130 Å². The Morgan fingerprint density at radius 1 is 1.30 bits per heavy atom. The molecule has 1 aromatic carbocycles. The lowest BCUT2D eigenvalue weighted by atomic mass is 10.0. The Bertz CT molecular complexity index is 618. The zero-order chi connectivity index (χ0) is 17.4. The SMILES string of the molecule is CN(C(=O)c1cccc(C(F)(F)F)c1)[C@@H]1CC[C@@H](C(N)=O)[C@@H]1O. The molecule has 1 fully saturated rings. The number of amides is 2. The summed E-state index contributed by atoms with van der Waals surface area (Å²) in [4.78, 5) is 24.7.